The maximum absolute atomic E-state index is 12.0. The fourth-order valence-electron chi connectivity index (χ4n) is 1.83. The largest absolute Gasteiger partial charge is 0.386 e. The molecule has 1 aliphatic heterocycles. The molecule has 0 bridgehead atoms. The van der Waals surface area contributed by atoms with Crippen molar-refractivity contribution in [2.45, 2.75) is 6.42 Å². The van der Waals surface area contributed by atoms with Crippen LogP contribution in [-0.4, -0.2) is 35.5 Å². The van der Waals surface area contributed by atoms with Gasteiger partial charge in [-0.05, 0) is 12.1 Å². The standard InChI is InChI=1S/C12H12N4O3/c13-10(15-14-7-17)5-6-16-11(18)8-3-1-2-4-9(8)12(16)19/h1-4,7H,5-6H2,(H2,13,15)(H,14,17). The summed E-state index contributed by atoms with van der Waals surface area (Å²) in [6, 6.07) is 6.64. The number of benzene rings is 1. The number of amidine groups is 1. The third-order valence-corrected chi connectivity index (χ3v) is 2.73. The van der Waals surface area contributed by atoms with Gasteiger partial charge < -0.3 is 5.73 Å². The molecular formula is C12H12N4O3. The van der Waals surface area contributed by atoms with E-state index in [1.54, 1.807) is 24.3 Å². The predicted octanol–water partition coefficient (Wildman–Crippen LogP) is -0.309. The molecule has 19 heavy (non-hydrogen) atoms. The molecule has 0 atom stereocenters. The van der Waals surface area contributed by atoms with Crippen LogP contribution < -0.4 is 11.2 Å². The van der Waals surface area contributed by atoms with E-state index in [1.165, 1.54) is 0 Å². The Labute approximate surface area is 109 Å². The molecule has 7 heteroatoms. The number of carbonyl (C=O) groups is 3. The number of imide groups is 1. The van der Waals surface area contributed by atoms with Crippen molar-refractivity contribution in [2.75, 3.05) is 6.54 Å². The van der Waals surface area contributed by atoms with Gasteiger partial charge in [0.2, 0.25) is 6.41 Å². The lowest BCUT2D eigenvalue weighted by Crippen LogP contribution is -2.33. The normalized spacial score (nSPS) is 14.5. The first-order valence-electron chi connectivity index (χ1n) is 5.61. The summed E-state index contributed by atoms with van der Waals surface area (Å²) in [4.78, 5) is 35.1. The number of hydrazone groups is 1. The number of hydrogen-bond donors (Lipinski definition) is 2. The highest BCUT2D eigenvalue weighted by Gasteiger charge is 2.34. The van der Waals surface area contributed by atoms with Crippen LogP contribution in [0.2, 0.25) is 0 Å². The lowest BCUT2D eigenvalue weighted by Gasteiger charge is -2.12. The lowest BCUT2D eigenvalue weighted by molar-refractivity contribution is -0.109. The topological polar surface area (TPSA) is 105 Å². The van der Waals surface area contributed by atoms with Crippen LogP contribution >= 0.6 is 0 Å². The number of rotatable bonds is 5. The first kappa shape index (κ1) is 12.7. The first-order valence-corrected chi connectivity index (χ1v) is 5.61. The second-order valence-corrected chi connectivity index (χ2v) is 3.91. The van der Waals surface area contributed by atoms with E-state index in [0.29, 0.717) is 17.5 Å². The maximum Gasteiger partial charge on any atom is 0.261 e. The van der Waals surface area contributed by atoms with Gasteiger partial charge in [0.1, 0.15) is 5.84 Å². The van der Waals surface area contributed by atoms with Crippen LogP contribution in [0, 0.1) is 0 Å². The molecule has 1 heterocycles. The van der Waals surface area contributed by atoms with Gasteiger partial charge in [-0.15, -0.1) is 0 Å². The van der Waals surface area contributed by atoms with Gasteiger partial charge in [0.15, 0.2) is 0 Å². The van der Waals surface area contributed by atoms with E-state index < -0.39 is 0 Å². The van der Waals surface area contributed by atoms with Gasteiger partial charge >= 0.3 is 0 Å². The van der Waals surface area contributed by atoms with Crippen molar-refractivity contribution in [3.8, 4) is 0 Å². The number of nitrogens with two attached hydrogens (primary N) is 1. The van der Waals surface area contributed by atoms with Gasteiger partial charge in [0.05, 0.1) is 11.1 Å². The van der Waals surface area contributed by atoms with Crippen LogP contribution in [0.15, 0.2) is 29.4 Å². The zero-order chi connectivity index (χ0) is 13.8. The molecule has 0 unspecified atom stereocenters. The van der Waals surface area contributed by atoms with Crippen LogP contribution in [-0.2, 0) is 4.79 Å². The molecule has 7 nitrogen and oxygen atoms in total. The summed E-state index contributed by atoms with van der Waals surface area (Å²) in [6.45, 7) is 0.127. The fourth-order valence-corrected chi connectivity index (χ4v) is 1.83. The molecule has 98 valence electrons. The summed E-state index contributed by atoms with van der Waals surface area (Å²) in [5.41, 5.74) is 8.36. The third-order valence-electron chi connectivity index (χ3n) is 2.73. The van der Waals surface area contributed by atoms with E-state index >= 15 is 0 Å². The Morgan fingerprint density at radius 2 is 1.84 bits per heavy atom. The van der Waals surface area contributed by atoms with Gasteiger partial charge in [-0.25, -0.2) is 5.43 Å². The summed E-state index contributed by atoms with van der Waals surface area (Å²) in [5, 5.41) is 3.53. The van der Waals surface area contributed by atoms with Crippen LogP contribution in [0.3, 0.4) is 0 Å². The SMILES string of the molecule is NC(CCN1C(=O)c2ccccc2C1=O)=NNC=O. The molecule has 3 N–H and O–H groups in total. The Kier molecular flexibility index (Phi) is 3.56. The number of nitrogens with zero attached hydrogens (tertiary/aromatic N) is 2. The van der Waals surface area contributed by atoms with Crippen molar-refractivity contribution in [1.82, 2.24) is 10.3 Å². The molecule has 0 aliphatic carbocycles. The Bertz CT molecular complexity index is 533. The molecule has 0 radical (unpaired) electrons. The zero-order valence-electron chi connectivity index (χ0n) is 10.00. The quantitative estimate of drug-likeness (QED) is 0.249. The highest BCUT2D eigenvalue weighted by molar-refractivity contribution is 6.21. The molecule has 2 rings (SSSR count). The molecule has 3 amide bonds. The molecule has 1 aromatic carbocycles. The van der Waals surface area contributed by atoms with Gasteiger partial charge in [0, 0.05) is 13.0 Å². The molecule has 1 aliphatic rings. The first-order chi connectivity index (χ1) is 9.15. The monoisotopic (exact) mass is 260 g/mol. The van der Waals surface area contributed by atoms with Gasteiger partial charge in [0.25, 0.3) is 11.8 Å². The molecular weight excluding hydrogens is 248 g/mol. The average molecular weight is 260 g/mol. The Hall–Kier alpha value is -2.70. The van der Waals surface area contributed by atoms with Crippen molar-refractivity contribution < 1.29 is 14.4 Å². The minimum absolute atomic E-state index is 0.127. The molecule has 1 aromatic rings. The minimum Gasteiger partial charge on any atom is -0.386 e. The number of fused-ring (bicyclic) bond motifs is 1. The minimum atomic E-state index is -0.336. The molecule has 0 saturated heterocycles. The number of amides is 3. The Morgan fingerprint density at radius 1 is 1.26 bits per heavy atom. The van der Waals surface area contributed by atoms with E-state index in [0.717, 1.165) is 4.90 Å². The van der Waals surface area contributed by atoms with E-state index in [-0.39, 0.29) is 30.6 Å². The Balaban J connectivity index is 2.06. The summed E-state index contributed by atoms with van der Waals surface area (Å²) in [5.74, 6) is -0.530. The van der Waals surface area contributed by atoms with Crippen molar-refractivity contribution in [1.29, 1.82) is 0 Å². The highest BCUT2D eigenvalue weighted by Crippen LogP contribution is 2.22. The van der Waals surface area contributed by atoms with E-state index in [1.807, 2.05) is 0 Å². The van der Waals surface area contributed by atoms with Crippen molar-refractivity contribution in [3.05, 3.63) is 35.4 Å². The summed E-state index contributed by atoms with van der Waals surface area (Å²) in [7, 11) is 0. The van der Waals surface area contributed by atoms with Crippen LogP contribution in [0.4, 0.5) is 0 Å². The zero-order valence-corrected chi connectivity index (χ0v) is 10.00. The number of nitrogens with one attached hydrogen (secondary N) is 1. The average Bonchev–Trinajstić information content (AvgIpc) is 2.67. The Morgan fingerprint density at radius 3 is 2.37 bits per heavy atom. The maximum atomic E-state index is 12.0. The van der Waals surface area contributed by atoms with Crippen molar-refractivity contribution in [2.24, 2.45) is 10.8 Å². The van der Waals surface area contributed by atoms with Crippen molar-refractivity contribution in [3.63, 3.8) is 0 Å². The van der Waals surface area contributed by atoms with E-state index in [4.69, 9.17) is 5.73 Å². The number of hydrogen-bond acceptors (Lipinski definition) is 4. The van der Waals surface area contributed by atoms with Gasteiger partial charge in [-0.3, -0.25) is 19.3 Å². The van der Waals surface area contributed by atoms with E-state index in [2.05, 4.69) is 10.5 Å². The van der Waals surface area contributed by atoms with Crippen LogP contribution in [0.1, 0.15) is 27.1 Å². The van der Waals surface area contributed by atoms with Crippen molar-refractivity contribution >= 4 is 24.1 Å². The van der Waals surface area contributed by atoms with Gasteiger partial charge in [-0.2, -0.15) is 5.10 Å². The summed E-state index contributed by atoms with van der Waals surface area (Å²) < 4.78 is 0. The third kappa shape index (κ3) is 2.44. The fraction of sp³-hybridized carbons (Fsp3) is 0.167. The summed E-state index contributed by atoms with van der Waals surface area (Å²) >= 11 is 0. The molecule has 0 spiro atoms. The van der Waals surface area contributed by atoms with Crippen LogP contribution in [0.5, 0.6) is 0 Å². The van der Waals surface area contributed by atoms with Crippen LogP contribution in [0.25, 0.3) is 0 Å². The van der Waals surface area contributed by atoms with E-state index in [9.17, 15) is 14.4 Å². The van der Waals surface area contributed by atoms with Gasteiger partial charge in [-0.1, -0.05) is 12.1 Å². The second-order valence-electron chi connectivity index (χ2n) is 3.91. The molecule has 0 fully saturated rings. The predicted molar refractivity (Wildman–Crippen MR) is 67.2 cm³/mol. The molecule has 0 saturated carbocycles. The smallest absolute Gasteiger partial charge is 0.261 e. The second kappa shape index (κ2) is 5.30. The highest BCUT2D eigenvalue weighted by atomic mass is 16.2. The number of carbonyl (C=O) groups excluding carboxylic acids is 3. The summed E-state index contributed by atoms with van der Waals surface area (Å²) in [6.07, 6.45) is 0.585. The lowest BCUT2D eigenvalue weighted by atomic mass is 10.1. The molecule has 0 aromatic heterocycles.